The number of benzene rings is 1. The first-order chi connectivity index (χ1) is 10.1. The Labute approximate surface area is 128 Å². The standard InChI is InChI=1S/C18H28N2O/c1-18(2)13-20(12-16(10-19)21-18)11-15-8-5-7-14-6-3-4-9-17(14)15/h3-4,6,9,15-16H,5,7-8,10-13,19H2,1-2H3. The number of hydrogen-bond acceptors (Lipinski definition) is 3. The van der Waals surface area contributed by atoms with Crippen LogP contribution < -0.4 is 5.73 Å². The Bertz CT molecular complexity index is 486. The van der Waals surface area contributed by atoms with Gasteiger partial charge in [-0.1, -0.05) is 24.3 Å². The molecule has 0 spiro atoms. The van der Waals surface area contributed by atoms with Crippen molar-refractivity contribution in [1.82, 2.24) is 4.90 Å². The fraction of sp³-hybridized carbons (Fsp3) is 0.667. The monoisotopic (exact) mass is 288 g/mol. The van der Waals surface area contributed by atoms with Crippen molar-refractivity contribution in [3.05, 3.63) is 35.4 Å². The molecule has 2 aliphatic rings. The van der Waals surface area contributed by atoms with Crippen LogP contribution in [-0.4, -0.2) is 42.8 Å². The summed E-state index contributed by atoms with van der Waals surface area (Å²) in [5.41, 5.74) is 8.88. The SMILES string of the molecule is CC1(C)CN(CC2CCCc3ccccc32)CC(CN)O1. The lowest BCUT2D eigenvalue weighted by molar-refractivity contribution is -0.132. The molecule has 1 aromatic carbocycles. The second-order valence-corrected chi connectivity index (χ2v) is 7.22. The summed E-state index contributed by atoms with van der Waals surface area (Å²) in [6.07, 6.45) is 4.04. The van der Waals surface area contributed by atoms with Crippen LogP contribution in [0.4, 0.5) is 0 Å². The second kappa shape index (κ2) is 6.07. The normalized spacial score (nSPS) is 29.1. The number of ether oxygens (including phenoxy) is 1. The summed E-state index contributed by atoms with van der Waals surface area (Å²) in [6, 6.07) is 8.98. The molecule has 0 saturated carbocycles. The fourth-order valence-corrected chi connectivity index (χ4v) is 4.03. The van der Waals surface area contributed by atoms with E-state index < -0.39 is 0 Å². The third-order valence-corrected chi connectivity index (χ3v) is 4.79. The van der Waals surface area contributed by atoms with E-state index >= 15 is 0 Å². The Morgan fingerprint density at radius 3 is 2.95 bits per heavy atom. The lowest BCUT2D eigenvalue weighted by Gasteiger charge is -2.44. The zero-order chi connectivity index (χ0) is 14.9. The van der Waals surface area contributed by atoms with Crippen molar-refractivity contribution in [3.8, 4) is 0 Å². The van der Waals surface area contributed by atoms with E-state index in [1.807, 2.05) is 0 Å². The smallest absolute Gasteiger partial charge is 0.0831 e. The van der Waals surface area contributed by atoms with Crippen molar-refractivity contribution in [3.63, 3.8) is 0 Å². The van der Waals surface area contributed by atoms with Crippen molar-refractivity contribution in [2.45, 2.75) is 50.7 Å². The lowest BCUT2D eigenvalue weighted by Crippen LogP contribution is -2.55. The highest BCUT2D eigenvalue weighted by Gasteiger charge is 2.34. The molecule has 116 valence electrons. The van der Waals surface area contributed by atoms with Crippen molar-refractivity contribution < 1.29 is 4.74 Å². The first-order valence-corrected chi connectivity index (χ1v) is 8.25. The Kier molecular flexibility index (Phi) is 4.34. The summed E-state index contributed by atoms with van der Waals surface area (Å²) in [5, 5.41) is 0. The van der Waals surface area contributed by atoms with Gasteiger partial charge in [0.05, 0.1) is 11.7 Å². The molecule has 3 heteroatoms. The van der Waals surface area contributed by atoms with Crippen LogP contribution in [0, 0.1) is 0 Å². The van der Waals surface area contributed by atoms with E-state index in [0.717, 1.165) is 19.6 Å². The van der Waals surface area contributed by atoms with Crippen LogP contribution in [0.3, 0.4) is 0 Å². The molecular formula is C18H28N2O. The number of nitrogens with two attached hydrogens (primary N) is 1. The molecule has 1 saturated heterocycles. The van der Waals surface area contributed by atoms with Crippen molar-refractivity contribution in [2.75, 3.05) is 26.2 Å². The zero-order valence-electron chi connectivity index (χ0n) is 13.3. The number of morpholine rings is 1. The Morgan fingerprint density at radius 1 is 1.33 bits per heavy atom. The maximum absolute atomic E-state index is 6.05. The van der Waals surface area contributed by atoms with E-state index in [2.05, 4.69) is 43.0 Å². The van der Waals surface area contributed by atoms with Crippen molar-refractivity contribution in [1.29, 1.82) is 0 Å². The van der Waals surface area contributed by atoms with Gasteiger partial charge >= 0.3 is 0 Å². The Morgan fingerprint density at radius 2 is 2.14 bits per heavy atom. The molecule has 21 heavy (non-hydrogen) atoms. The molecule has 2 atom stereocenters. The first kappa shape index (κ1) is 15.0. The van der Waals surface area contributed by atoms with Gasteiger partial charge in [-0.25, -0.2) is 0 Å². The van der Waals surface area contributed by atoms with E-state index in [-0.39, 0.29) is 11.7 Å². The van der Waals surface area contributed by atoms with Crippen LogP contribution in [0.2, 0.25) is 0 Å². The van der Waals surface area contributed by atoms with Gasteiger partial charge in [-0.2, -0.15) is 0 Å². The van der Waals surface area contributed by atoms with E-state index in [0.29, 0.717) is 12.5 Å². The summed E-state index contributed by atoms with van der Waals surface area (Å²) in [5.74, 6) is 0.669. The van der Waals surface area contributed by atoms with Gasteiger partial charge in [-0.15, -0.1) is 0 Å². The minimum absolute atomic E-state index is 0.0868. The van der Waals surface area contributed by atoms with Gasteiger partial charge in [0.2, 0.25) is 0 Å². The van der Waals surface area contributed by atoms with Gasteiger partial charge in [-0.3, -0.25) is 4.90 Å². The maximum Gasteiger partial charge on any atom is 0.0831 e. The minimum atomic E-state index is -0.0868. The van der Waals surface area contributed by atoms with Gasteiger partial charge < -0.3 is 10.5 Å². The summed E-state index contributed by atoms with van der Waals surface area (Å²) >= 11 is 0. The third-order valence-electron chi connectivity index (χ3n) is 4.79. The van der Waals surface area contributed by atoms with Crippen LogP contribution in [0.1, 0.15) is 43.7 Å². The molecule has 0 amide bonds. The maximum atomic E-state index is 6.05. The molecule has 1 fully saturated rings. The van der Waals surface area contributed by atoms with E-state index in [9.17, 15) is 0 Å². The van der Waals surface area contributed by atoms with Crippen LogP contribution in [0.5, 0.6) is 0 Å². The van der Waals surface area contributed by atoms with Crippen LogP contribution in [0.25, 0.3) is 0 Å². The molecule has 1 aromatic rings. The zero-order valence-corrected chi connectivity index (χ0v) is 13.3. The van der Waals surface area contributed by atoms with Gasteiger partial charge in [0, 0.05) is 26.2 Å². The van der Waals surface area contributed by atoms with Crippen molar-refractivity contribution in [2.24, 2.45) is 5.73 Å². The predicted octanol–water partition coefficient (Wildman–Crippen LogP) is 2.54. The second-order valence-electron chi connectivity index (χ2n) is 7.22. The lowest BCUT2D eigenvalue weighted by atomic mass is 9.82. The molecule has 3 rings (SSSR count). The van der Waals surface area contributed by atoms with E-state index in [1.165, 1.54) is 19.3 Å². The quantitative estimate of drug-likeness (QED) is 0.929. The number of aryl methyl sites for hydroxylation is 1. The fourth-order valence-electron chi connectivity index (χ4n) is 4.03. The highest BCUT2D eigenvalue weighted by Crippen LogP contribution is 2.33. The predicted molar refractivity (Wildman–Crippen MR) is 86.6 cm³/mol. The molecule has 2 N–H and O–H groups in total. The molecule has 0 radical (unpaired) electrons. The Balaban J connectivity index is 1.72. The minimum Gasteiger partial charge on any atom is -0.368 e. The summed E-state index contributed by atoms with van der Waals surface area (Å²) in [6.45, 7) is 8.08. The van der Waals surface area contributed by atoms with Crippen LogP contribution in [-0.2, 0) is 11.2 Å². The molecule has 2 unspecified atom stereocenters. The Hall–Kier alpha value is -0.900. The topological polar surface area (TPSA) is 38.5 Å². The van der Waals surface area contributed by atoms with E-state index in [1.54, 1.807) is 11.1 Å². The number of nitrogens with zero attached hydrogens (tertiary/aromatic N) is 1. The van der Waals surface area contributed by atoms with Crippen LogP contribution >= 0.6 is 0 Å². The van der Waals surface area contributed by atoms with E-state index in [4.69, 9.17) is 10.5 Å². The molecule has 1 aliphatic heterocycles. The highest BCUT2D eigenvalue weighted by molar-refractivity contribution is 5.32. The van der Waals surface area contributed by atoms with Gasteiger partial charge in [-0.05, 0) is 50.2 Å². The molecule has 1 heterocycles. The molecule has 0 aromatic heterocycles. The molecule has 0 bridgehead atoms. The summed E-state index contributed by atoms with van der Waals surface area (Å²) in [4.78, 5) is 2.56. The summed E-state index contributed by atoms with van der Waals surface area (Å²) < 4.78 is 6.05. The molecular weight excluding hydrogens is 260 g/mol. The van der Waals surface area contributed by atoms with Gasteiger partial charge in [0.25, 0.3) is 0 Å². The van der Waals surface area contributed by atoms with Gasteiger partial charge in [0.15, 0.2) is 0 Å². The van der Waals surface area contributed by atoms with Crippen molar-refractivity contribution >= 4 is 0 Å². The number of rotatable bonds is 3. The van der Waals surface area contributed by atoms with Crippen LogP contribution in [0.15, 0.2) is 24.3 Å². The third kappa shape index (κ3) is 3.47. The highest BCUT2D eigenvalue weighted by atomic mass is 16.5. The largest absolute Gasteiger partial charge is 0.368 e. The first-order valence-electron chi connectivity index (χ1n) is 8.25. The molecule has 1 aliphatic carbocycles. The number of hydrogen-bond donors (Lipinski definition) is 1. The average molecular weight is 288 g/mol. The summed E-state index contributed by atoms with van der Waals surface area (Å²) in [7, 11) is 0. The van der Waals surface area contributed by atoms with Gasteiger partial charge in [0.1, 0.15) is 0 Å². The number of fused-ring (bicyclic) bond motifs is 1. The average Bonchev–Trinajstić information content (AvgIpc) is 2.46. The molecule has 3 nitrogen and oxygen atoms in total.